The van der Waals surface area contributed by atoms with Crippen molar-refractivity contribution in [1.29, 1.82) is 0 Å². The van der Waals surface area contributed by atoms with Crippen molar-refractivity contribution in [2.75, 3.05) is 44.3 Å². The number of halogens is 2. The molecule has 46 heavy (non-hydrogen) atoms. The van der Waals surface area contributed by atoms with E-state index in [2.05, 4.69) is 30.4 Å². The van der Waals surface area contributed by atoms with Gasteiger partial charge < -0.3 is 19.7 Å². The molecule has 4 aromatic rings. The average molecular weight is 651 g/mol. The Labute approximate surface area is 272 Å². The maximum Gasteiger partial charge on any atom is 0.407 e. The number of benzene rings is 1. The summed E-state index contributed by atoms with van der Waals surface area (Å²) in [6, 6.07) is 3.40. The molecular formula is C33H40ClFN8O3. The van der Waals surface area contributed by atoms with Gasteiger partial charge in [0.2, 0.25) is 0 Å². The summed E-state index contributed by atoms with van der Waals surface area (Å²) in [5, 5.41) is 11.5. The fraction of sp³-hybridized carbons (Fsp3) is 0.545. The summed E-state index contributed by atoms with van der Waals surface area (Å²) in [6.45, 7) is 5.82. The van der Waals surface area contributed by atoms with Gasteiger partial charge in [0.05, 0.1) is 29.2 Å². The summed E-state index contributed by atoms with van der Waals surface area (Å²) in [5.41, 5.74) is 1.42. The fourth-order valence-electron chi connectivity index (χ4n) is 7.01. The number of nitrogens with zero attached hydrogens (tertiary/aromatic N) is 6. The normalized spacial score (nSPS) is 20.3. The Hall–Kier alpha value is -3.77. The number of fused-ring (bicyclic) bond motifs is 3. The number of nitrogens with one attached hydrogen (secondary N) is 2. The summed E-state index contributed by atoms with van der Waals surface area (Å²) < 4.78 is 28.0. The van der Waals surface area contributed by atoms with E-state index in [1.54, 1.807) is 31.5 Å². The summed E-state index contributed by atoms with van der Waals surface area (Å²) in [4.78, 5) is 30.7. The molecule has 1 amide bonds. The molecule has 4 fully saturated rings. The Kier molecular flexibility index (Phi) is 8.82. The predicted molar refractivity (Wildman–Crippen MR) is 175 cm³/mol. The maximum absolute atomic E-state index is 16.6. The molecule has 6 heterocycles. The number of pyridine rings is 1. The van der Waals surface area contributed by atoms with E-state index in [-0.39, 0.29) is 28.8 Å². The number of alkyl carbamates (subject to hydrolysis) is 1. The van der Waals surface area contributed by atoms with Gasteiger partial charge in [-0.3, -0.25) is 15.0 Å². The van der Waals surface area contributed by atoms with Crippen LogP contribution in [0.2, 0.25) is 5.02 Å². The van der Waals surface area contributed by atoms with Crippen molar-refractivity contribution in [2.24, 2.45) is 0 Å². The van der Waals surface area contributed by atoms with Crippen LogP contribution < -0.4 is 15.0 Å². The van der Waals surface area contributed by atoms with E-state index in [1.165, 1.54) is 19.3 Å². The van der Waals surface area contributed by atoms with E-state index in [9.17, 15) is 4.79 Å². The first-order valence-electron chi connectivity index (χ1n) is 16.5. The molecule has 1 saturated carbocycles. The molecule has 3 aliphatic heterocycles. The van der Waals surface area contributed by atoms with Gasteiger partial charge in [0.15, 0.2) is 5.82 Å². The monoisotopic (exact) mass is 650 g/mol. The van der Waals surface area contributed by atoms with Crippen molar-refractivity contribution in [3.63, 3.8) is 0 Å². The van der Waals surface area contributed by atoms with Crippen LogP contribution in [-0.4, -0.2) is 87.1 Å². The van der Waals surface area contributed by atoms with Crippen LogP contribution in [0, 0.1) is 5.82 Å². The number of carbonyl (C=O) groups is 1. The number of hydrogen-bond acceptors (Lipinski definition) is 9. The zero-order valence-corrected chi connectivity index (χ0v) is 26.9. The van der Waals surface area contributed by atoms with Crippen LogP contribution in [0.15, 0.2) is 24.5 Å². The summed E-state index contributed by atoms with van der Waals surface area (Å²) in [6.07, 6.45) is 13.3. The summed E-state index contributed by atoms with van der Waals surface area (Å²) in [7, 11) is 0. The fourth-order valence-corrected chi connectivity index (χ4v) is 7.23. The Morgan fingerprint density at radius 2 is 1.89 bits per heavy atom. The molecule has 11 nitrogen and oxygen atoms in total. The number of anilines is 1. The van der Waals surface area contributed by atoms with E-state index < -0.39 is 11.9 Å². The first kappa shape index (κ1) is 30.9. The highest BCUT2D eigenvalue weighted by Crippen LogP contribution is 2.40. The van der Waals surface area contributed by atoms with Crippen LogP contribution in [0.25, 0.3) is 33.1 Å². The molecule has 13 heteroatoms. The zero-order chi connectivity index (χ0) is 31.7. The standard InChI is InChI=1S/C30H34ClFN8O3.C3H6/c1-2-42-29(41)35-19-6-3-9-39(16-19)27-22-14-33-25(20-12-18(31)13-23-21(20)15-34-38-23)24(32)26(22)36-28(37-27)43-17-30-7-4-10-40(30)11-5-8-30;1-2-3-1/h12-15,19H,2-11,16-17H2,1H3,(H,34,38)(H,35,41);1-3H2. The molecule has 1 aromatic carbocycles. The lowest BCUT2D eigenvalue weighted by molar-refractivity contribution is 0.108. The molecule has 1 unspecified atom stereocenters. The third-order valence-corrected chi connectivity index (χ3v) is 9.59. The highest BCUT2D eigenvalue weighted by atomic mass is 35.5. The second kappa shape index (κ2) is 13.2. The minimum Gasteiger partial charge on any atom is -0.461 e. The van der Waals surface area contributed by atoms with Crippen LogP contribution in [0.5, 0.6) is 6.01 Å². The summed E-state index contributed by atoms with van der Waals surface area (Å²) >= 11 is 6.38. The number of aromatic amines is 1. The molecule has 8 rings (SSSR count). The molecule has 0 bridgehead atoms. The largest absolute Gasteiger partial charge is 0.461 e. The van der Waals surface area contributed by atoms with Crippen molar-refractivity contribution in [3.8, 4) is 17.3 Å². The molecule has 0 spiro atoms. The number of carbonyl (C=O) groups excluding carboxylic acids is 1. The third-order valence-electron chi connectivity index (χ3n) is 9.38. The molecule has 1 atom stereocenters. The molecular weight excluding hydrogens is 611 g/mol. The van der Waals surface area contributed by atoms with Crippen LogP contribution in [-0.2, 0) is 4.74 Å². The minimum atomic E-state index is -0.588. The van der Waals surface area contributed by atoms with Crippen LogP contribution >= 0.6 is 11.6 Å². The molecule has 244 valence electrons. The molecule has 4 aliphatic rings. The Balaban J connectivity index is 0.00000107. The lowest BCUT2D eigenvalue weighted by Crippen LogP contribution is -2.48. The molecule has 0 radical (unpaired) electrons. The number of amides is 1. The zero-order valence-electron chi connectivity index (χ0n) is 26.2. The van der Waals surface area contributed by atoms with E-state index in [1.807, 2.05) is 4.90 Å². The van der Waals surface area contributed by atoms with Crippen molar-refractivity contribution in [2.45, 2.75) is 76.3 Å². The Morgan fingerprint density at radius 1 is 1.09 bits per heavy atom. The van der Waals surface area contributed by atoms with Crippen molar-refractivity contribution in [3.05, 3.63) is 35.4 Å². The Morgan fingerprint density at radius 3 is 2.65 bits per heavy atom. The number of H-pyrrole nitrogens is 1. The van der Waals surface area contributed by atoms with Gasteiger partial charge in [-0.05, 0) is 70.7 Å². The van der Waals surface area contributed by atoms with Crippen LogP contribution in [0.4, 0.5) is 15.0 Å². The Bertz CT molecular complexity index is 1720. The van der Waals surface area contributed by atoms with Crippen molar-refractivity contribution < 1.29 is 18.7 Å². The first-order valence-corrected chi connectivity index (χ1v) is 16.9. The van der Waals surface area contributed by atoms with Gasteiger partial charge in [0.25, 0.3) is 0 Å². The quantitative estimate of drug-likeness (QED) is 0.239. The van der Waals surface area contributed by atoms with Crippen molar-refractivity contribution in [1.82, 2.24) is 35.4 Å². The van der Waals surface area contributed by atoms with Gasteiger partial charge in [-0.15, -0.1) is 0 Å². The number of ether oxygens (including phenoxy) is 2. The second-order valence-electron chi connectivity index (χ2n) is 12.7. The van der Waals surface area contributed by atoms with Gasteiger partial charge in [-0.2, -0.15) is 15.1 Å². The molecule has 3 saturated heterocycles. The van der Waals surface area contributed by atoms with Crippen LogP contribution in [0.3, 0.4) is 0 Å². The second-order valence-corrected chi connectivity index (χ2v) is 13.2. The van der Waals surface area contributed by atoms with Crippen molar-refractivity contribution >= 4 is 45.3 Å². The highest BCUT2D eigenvalue weighted by molar-refractivity contribution is 6.31. The number of piperidine rings is 1. The number of hydrogen-bond donors (Lipinski definition) is 2. The molecule has 3 aromatic heterocycles. The van der Waals surface area contributed by atoms with Gasteiger partial charge in [0.1, 0.15) is 23.6 Å². The average Bonchev–Trinajstić information content (AvgIpc) is 3.62. The third kappa shape index (κ3) is 6.29. The molecule has 2 N–H and O–H groups in total. The van der Waals surface area contributed by atoms with E-state index in [4.69, 9.17) is 26.1 Å². The minimum absolute atomic E-state index is 0.0200. The van der Waals surface area contributed by atoms with Crippen LogP contribution in [0.1, 0.15) is 64.7 Å². The maximum atomic E-state index is 16.6. The number of aromatic nitrogens is 5. The van der Waals surface area contributed by atoms with E-state index >= 15 is 4.39 Å². The van der Waals surface area contributed by atoms with Gasteiger partial charge >= 0.3 is 12.1 Å². The SMILES string of the molecule is C1CC1.CCOC(=O)NC1CCCN(c2nc(OCC34CCCN3CCC4)nc3c(F)c(-c4cc(Cl)cc5[nH]ncc45)ncc23)C1. The lowest BCUT2D eigenvalue weighted by Gasteiger charge is -2.34. The predicted octanol–water partition coefficient (Wildman–Crippen LogP) is 6.25. The van der Waals surface area contributed by atoms with E-state index in [0.29, 0.717) is 59.0 Å². The lowest BCUT2D eigenvalue weighted by atomic mass is 9.95. The van der Waals surface area contributed by atoms with E-state index in [0.717, 1.165) is 51.6 Å². The van der Waals surface area contributed by atoms with Gasteiger partial charge in [-0.25, -0.2) is 9.18 Å². The smallest absolute Gasteiger partial charge is 0.407 e. The van der Waals surface area contributed by atoms with Gasteiger partial charge in [0, 0.05) is 41.3 Å². The van der Waals surface area contributed by atoms with Gasteiger partial charge in [-0.1, -0.05) is 30.9 Å². The first-order chi connectivity index (χ1) is 22.4. The highest BCUT2D eigenvalue weighted by Gasteiger charge is 2.45. The topological polar surface area (TPSA) is 121 Å². The number of rotatable bonds is 7. The molecule has 1 aliphatic carbocycles. The summed E-state index contributed by atoms with van der Waals surface area (Å²) in [5.74, 6) is -0.0597.